The fourth-order valence-electron chi connectivity index (χ4n) is 3.05. The van der Waals surface area contributed by atoms with Crippen molar-refractivity contribution in [2.24, 2.45) is 11.7 Å². The number of hydrogen-bond acceptors (Lipinski definition) is 3. The summed E-state index contributed by atoms with van der Waals surface area (Å²) in [6, 6.07) is 0. The summed E-state index contributed by atoms with van der Waals surface area (Å²) >= 11 is 1.98. The topological polar surface area (TPSA) is 55.1 Å². The number of primary amides is 1. The van der Waals surface area contributed by atoms with E-state index < -0.39 is 5.54 Å². The Morgan fingerprint density at radius 1 is 1.28 bits per heavy atom. The highest BCUT2D eigenvalue weighted by molar-refractivity contribution is 8.00. The van der Waals surface area contributed by atoms with E-state index in [9.17, 15) is 4.79 Å². The maximum atomic E-state index is 11.9. The summed E-state index contributed by atoms with van der Waals surface area (Å²) in [5.41, 5.74) is 5.27. The van der Waals surface area contributed by atoms with Gasteiger partial charge in [-0.15, -0.1) is 0 Å². The molecule has 1 unspecified atom stereocenters. The Labute approximate surface area is 115 Å². The largest absolute Gasteiger partial charge is 0.368 e. The van der Waals surface area contributed by atoms with Crippen LogP contribution in [0.25, 0.3) is 0 Å². The van der Waals surface area contributed by atoms with Crippen LogP contribution in [0.5, 0.6) is 0 Å². The van der Waals surface area contributed by atoms with Gasteiger partial charge in [0.25, 0.3) is 0 Å². The minimum absolute atomic E-state index is 0.143. The van der Waals surface area contributed by atoms with Crippen LogP contribution >= 0.6 is 11.8 Å². The molecule has 0 aliphatic heterocycles. The maximum Gasteiger partial charge on any atom is 0.238 e. The number of nitrogens with two attached hydrogens (primary N) is 1. The van der Waals surface area contributed by atoms with Gasteiger partial charge in [-0.3, -0.25) is 4.79 Å². The molecule has 1 amide bonds. The van der Waals surface area contributed by atoms with Gasteiger partial charge in [0.1, 0.15) is 5.54 Å². The third kappa shape index (κ3) is 3.21. The van der Waals surface area contributed by atoms with E-state index in [4.69, 9.17) is 5.73 Å². The van der Waals surface area contributed by atoms with Crippen LogP contribution in [0.2, 0.25) is 0 Å². The molecule has 0 bridgehead atoms. The van der Waals surface area contributed by atoms with Gasteiger partial charge in [-0.2, -0.15) is 11.8 Å². The quantitative estimate of drug-likeness (QED) is 0.746. The highest BCUT2D eigenvalue weighted by atomic mass is 32.2. The highest BCUT2D eigenvalue weighted by Crippen LogP contribution is 2.42. The third-order valence-corrected chi connectivity index (χ3v) is 5.87. The van der Waals surface area contributed by atoms with Gasteiger partial charge in [0, 0.05) is 11.0 Å². The Balaban J connectivity index is 1.93. The van der Waals surface area contributed by atoms with Gasteiger partial charge in [-0.1, -0.05) is 26.2 Å². The summed E-state index contributed by atoms with van der Waals surface area (Å²) in [6.45, 7) is 2.88. The number of thioether (sulfide) groups is 1. The number of amides is 1. The lowest BCUT2D eigenvalue weighted by atomic mass is 9.94. The van der Waals surface area contributed by atoms with Gasteiger partial charge in [0.05, 0.1) is 0 Å². The van der Waals surface area contributed by atoms with Crippen molar-refractivity contribution in [3.05, 3.63) is 0 Å². The van der Waals surface area contributed by atoms with Crippen molar-refractivity contribution in [2.75, 3.05) is 12.3 Å². The summed E-state index contributed by atoms with van der Waals surface area (Å²) in [5, 5.41) is 4.15. The van der Waals surface area contributed by atoms with Crippen LogP contribution in [0, 0.1) is 5.92 Å². The second kappa shape index (κ2) is 6.29. The molecule has 0 radical (unpaired) electrons. The lowest BCUT2D eigenvalue weighted by Crippen LogP contribution is -2.59. The van der Waals surface area contributed by atoms with Crippen molar-refractivity contribution in [1.82, 2.24) is 5.32 Å². The first-order chi connectivity index (χ1) is 8.69. The first-order valence-electron chi connectivity index (χ1n) is 7.35. The lowest BCUT2D eigenvalue weighted by molar-refractivity contribution is -0.124. The molecule has 2 aliphatic carbocycles. The predicted molar refractivity (Wildman–Crippen MR) is 77.7 cm³/mol. The van der Waals surface area contributed by atoms with Crippen LogP contribution < -0.4 is 11.1 Å². The zero-order chi connectivity index (χ0) is 13.0. The van der Waals surface area contributed by atoms with Crippen molar-refractivity contribution in [3.8, 4) is 0 Å². The van der Waals surface area contributed by atoms with Crippen molar-refractivity contribution < 1.29 is 4.79 Å². The van der Waals surface area contributed by atoms with Gasteiger partial charge in [-0.25, -0.2) is 0 Å². The van der Waals surface area contributed by atoms with Gasteiger partial charge >= 0.3 is 0 Å². The average molecular weight is 270 g/mol. The number of carbonyl (C=O) groups is 1. The van der Waals surface area contributed by atoms with Gasteiger partial charge in [0.15, 0.2) is 0 Å². The molecule has 2 fully saturated rings. The number of hydrogen-bond donors (Lipinski definition) is 2. The second-order valence-electron chi connectivity index (χ2n) is 5.71. The van der Waals surface area contributed by atoms with Gasteiger partial charge in [0.2, 0.25) is 5.91 Å². The van der Waals surface area contributed by atoms with Gasteiger partial charge < -0.3 is 11.1 Å². The summed E-state index contributed by atoms with van der Waals surface area (Å²) < 4.78 is 0. The summed E-state index contributed by atoms with van der Waals surface area (Å²) in [6.07, 6.45) is 9.03. The molecule has 2 saturated carbocycles. The Bertz CT molecular complexity index is 288. The van der Waals surface area contributed by atoms with Crippen LogP contribution in [-0.2, 0) is 4.79 Å². The molecule has 1 atom stereocenters. The first-order valence-corrected chi connectivity index (χ1v) is 8.40. The van der Waals surface area contributed by atoms with E-state index in [0.29, 0.717) is 5.92 Å². The molecule has 104 valence electrons. The van der Waals surface area contributed by atoms with Crippen molar-refractivity contribution in [2.45, 2.75) is 62.7 Å². The molecular weight excluding hydrogens is 244 g/mol. The Morgan fingerprint density at radius 2 is 1.94 bits per heavy atom. The van der Waals surface area contributed by atoms with E-state index in [-0.39, 0.29) is 5.91 Å². The number of rotatable bonds is 7. The Kier molecular flexibility index (Phi) is 4.96. The third-order valence-electron chi connectivity index (χ3n) is 4.31. The molecule has 2 aliphatic rings. The Hall–Kier alpha value is -0.220. The first kappa shape index (κ1) is 14.2. The summed E-state index contributed by atoms with van der Waals surface area (Å²) in [5.74, 6) is 1.20. The second-order valence-corrected chi connectivity index (χ2v) is 7.00. The normalized spacial score (nSPS) is 24.7. The van der Waals surface area contributed by atoms with Crippen molar-refractivity contribution >= 4 is 17.7 Å². The summed E-state index contributed by atoms with van der Waals surface area (Å²) in [7, 11) is 0. The van der Waals surface area contributed by atoms with E-state index in [1.807, 2.05) is 11.8 Å². The molecule has 3 nitrogen and oxygen atoms in total. The van der Waals surface area contributed by atoms with Gasteiger partial charge in [-0.05, 0) is 38.1 Å². The summed E-state index contributed by atoms with van der Waals surface area (Å²) in [4.78, 5) is 11.9. The monoisotopic (exact) mass is 270 g/mol. The lowest BCUT2D eigenvalue weighted by Gasteiger charge is -2.33. The SMILES string of the molecule is CCNC(CSC1CCCCC1)(C(N)=O)C1CC1. The zero-order valence-corrected chi connectivity index (χ0v) is 12.2. The van der Waals surface area contributed by atoms with E-state index in [0.717, 1.165) is 30.4 Å². The van der Waals surface area contributed by atoms with E-state index >= 15 is 0 Å². The van der Waals surface area contributed by atoms with Crippen LogP contribution in [0.1, 0.15) is 51.9 Å². The minimum Gasteiger partial charge on any atom is -0.368 e. The molecule has 0 spiro atoms. The number of likely N-dealkylation sites (N-methyl/N-ethyl adjacent to an activating group) is 1. The highest BCUT2D eigenvalue weighted by Gasteiger charge is 2.49. The maximum absolute atomic E-state index is 11.9. The minimum atomic E-state index is -0.434. The van der Waals surface area contributed by atoms with Crippen molar-refractivity contribution in [3.63, 3.8) is 0 Å². The average Bonchev–Trinajstić information content (AvgIpc) is 3.20. The fourth-order valence-corrected chi connectivity index (χ4v) is 4.69. The molecule has 2 rings (SSSR count). The molecule has 3 N–H and O–H groups in total. The number of nitrogens with one attached hydrogen (secondary N) is 1. The van der Waals surface area contributed by atoms with E-state index in [1.54, 1.807) is 0 Å². The molecule has 0 aromatic rings. The molecular formula is C14H26N2OS. The molecule has 0 aromatic heterocycles. The van der Waals surface area contributed by atoms with Crippen molar-refractivity contribution in [1.29, 1.82) is 0 Å². The van der Waals surface area contributed by atoms with E-state index in [2.05, 4.69) is 12.2 Å². The Morgan fingerprint density at radius 3 is 2.44 bits per heavy atom. The zero-order valence-electron chi connectivity index (χ0n) is 11.4. The fraction of sp³-hybridized carbons (Fsp3) is 0.929. The van der Waals surface area contributed by atoms with Crippen LogP contribution in [0.4, 0.5) is 0 Å². The van der Waals surface area contributed by atoms with Crippen LogP contribution in [0.3, 0.4) is 0 Å². The molecule has 4 heteroatoms. The predicted octanol–water partition coefficient (Wildman–Crippen LogP) is 2.30. The smallest absolute Gasteiger partial charge is 0.238 e. The molecule has 0 heterocycles. The number of carbonyl (C=O) groups excluding carboxylic acids is 1. The van der Waals surface area contributed by atoms with Crippen LogP contribution in [-0.4, -0.2) is 29.0 Å². The van der Waals surface area contributed by atoms with E-state index in [1.165, 1.54) is 32.1 Å². The molecule has 18 heavy (non-hydrogen) atoms. The standard InChI is InChI=1S/C14H26N2OS/c1-2-16-14(13(15)17,11-8-9-11)10-18-12-6-4-3-5-7-12/h11-12,16H,2-10H2,1H3,(H2,15,17). The molecule has 0 aromatic carbocycles. The van der Waals surface area contributed by atoms with Crippen LogP contribution in [0.15, 0.2) is 0 Å². The molecule has 0 saturated heterocycles.